The van der Waals surface area contributed by atoms with E-state index in [4.69, 9.17) is 9.47 Å². The van der Waals surface area contributed by atoms with Crippen LogP contribution in [0.5, 0.6) is 0 Å². The van der Waals surface area contributed by atoms with Crippen LogP contribution in [0.4, 0.5) is 19.2 Å². The van der Waals surface area contributed by atoms with Crippen molar-refractivity contribution in [3.05, 3.63) is 70.8 Å². The van der Waals surface area contributed by atoms with Gasteiger partial charge in [-0.1, -0.05) is 48.5 Å². The molecule has 0 heterocycles. The molecule has 0 spiro atoms. The zero-order chi connectivity index (χ0) is 25.5. The molecule has 12 heteroatoms. The van der Waals surface area contributed by atoms with Crippen LogP contribution in [0.25, 0.3) is 0 Å². The number of alkyl carbamates (subject to hydrolysis) is 4. The molecule has 35 heavy (non-hydrogen) atoms. The molecule has 12 nitrogen and oxygen atoms in total. The van der Waals surface area contributed by atoms with Crippen LogP contribution in [0.1, 0.15) is 22.3 Å². The van der Waals surface area contributed by atoms with E-state index in [0.717, 1.165) is 22.3 Å². The molecule has 4 N–H and O–H groups in total. The second-order valence-corrected chi connectivity index (χ2v) is 7.02. The maximum atomic E-state index is 11.8. The van der Waals surface area contributed by atoms with Gasteiger partial charge in [-0.05, 0) is 22.3 Å². The molecule has 0 aliphatic carbocycles. The topological polar surface area (TPSA) is 153 Å². The second-order valence-electron chi connectivity index (χ2n) is 7.02. The van der Waals surface area contributed by atoms with Gasteiger partial charge in [0.25, 0.3) is 0 Å². The molecular weight excluding hydrogens is 460 g/mol. The van der Waals surface area contributed by atoms with E-state index in [1.807, 2.05) is 12.1 Å². The van der Waals surface area contributed by atoms with Gasteiger partial charge in [0.2, 0.25) is 6.79 Å². The highest BCUT2D eigenvalue weighted by molar-refractivity contribution is 5.69. The number of ether oxygens (including phenoxy) is 4. The number of rotatable bonds is 10. The van der Waals surface area contributed by atoms with Crippen molar-refractivity contribution in [2.24, 2.45) is 0 Å². The summed E-state index contributed by atoms with van der Waals surface area (Å²) in [6.07, 6.45) is -2.60. The molecular formula is C23H28N4O8. The Labute approximate surface area is 202 Å². The number of carbonyl (C=O) groups excluding carboxylic acids is 4. The zero-order valence-electron chi connectivity index (χ0n) is 19.4. The van der Waals surface area contributed by atoms with Gasteiger partial charge >= 0.3 is 24.4 Å². The van der Waals surface area contributed by atoms with Crippen LogP contribution in [0.2, 0.25) is 0 Å². The highest BCUT2D eigenvalue weighted by Gasteiger charge is 2.07. The predicted molar refractivity (Wildman–Crippen MR) is 123 cm³/mol. The Morgan fingerprint density at radius 1 is 0.571 bits per heavy atom. The molecule has 0 unspecified atom stereocenters. The standard InChI is InChI=1S/C23H28N4O8/c1-32-20(28)24-11-16-5-3-7-18(9-16)13-26-22(30)34-15-35-23(31)27-14-19-8-4-6-17(10-19)12-25-21(29)33-2/h3-10H,11-15H2,1-2H3,(H,24,28)(H,25,29)(H,26,30)(H,27,31). The molecule has 0 saturated carbocycles. The first-order valence-corrected chi connectivity index (χ1v) is 10.5. The van der Waals surface area contributed by atoms with Crippen molar-refractivity contribution in [2.45, 2.75) is 26.2 Å². The highest BCUT2D eigenvalue weighted by atomic mass is 16.7. The predicted octanol–water partition coefficient (Wildman–Crippen LogP) is 2.51. The largest absolute Gasteiger partial charge is 0.453 e. The zero-order valence-corrected chi connectivity index (χ0v) is 19.4. The Balaban J connectivity index is 1.65. The van der Waals surface area contributed by atoms with E-state index in [9.17, 15) is 19.2 Å². The minimum atomic E-state index is -0.762. The summed E-state index contributed by atoms with van der Waals surface area (Å²) in [6.45, 7) is 0.353. The van der Waals surface area contributed by atoms with Crippen LogP contribution in [0, 0.1) is 0 Å². The highest BCUT2D eigenvalue weighted by Crippen LogP contribution is 2.06. The van der Waals surface area contributed by atoms with Crippen molar-refractivity contribution in [3.63, 3.8) is 0 Å². The van der Waals surface area contributed by atoms with Crippen molar-refractivity contribution >= 4 is 24.4 Å². The lowest BCUT2D eigenvalue weighted by Crippen LogP contribution is -2.28. The molecule has 4 amide bonds. The Bertz CT molecular complexity index is 935. The van der Waals surface area contributed by atoms with Gasteiger partial charge in [-0.3, -0.25) is 0 Å². The first kappa shape index (κ1) is 26.8. The number of benzene rings is 2. The molecule has 2 rings (SSSR count). The molecule has 0 aliphatic heterocycles. The summed E-state index contributed by atoms with van der Waals surface area (Å²) < 4.78 is 18.7. The number of hydrogen-bond donors (Lipinski definition) is 4. The number of amides is 4. The van der Waals surface area contributed by atoms with E-state index < -0.39 is 31.2 Å². The van der Waals surface area contributed by atoms with Crippen molar-refractivity contribution < 1.29 is 38.1 Å². The van der Waals surface area contributed by atoms with E-state index in [2.05, 4.69) is 30.7 Å². The maximum absolute atomic E-state index is 11.8. The summed E-state index contributed by atoms with van der Waals surface area (Å²) in [5.74, 6) is 0. The third-order valence-corrected chi connectivity index (χ3v) is 4.48. The Hall–Kier alpha value is -4.48. The summed E-state index contributed by atoms with van der Waals surface area (Å²) in [7, 11) is 2.56. The second kappa shape index (κ2) is 14.6. The normalized spacial score (nSPS) is 9.89. The average molecular weight is 488 g/mol. The molecule has 0 fully saturated rings. The molecule has 0 saturated heterocycles. The average Bonchev–Trinajstić information content (AvgIpc) is 2.88. The fourth-order valence-corrected chi connectivity index (χ4v) is 2.78. The van der Waals surface area contributed by atoms with Gasteiger partial charge in [0.15, 0.2) is 0 Å². The Morgan fingerprint density at radius 3 is 1.20 bits per heavy atom. The lowest BCUT2D eigenvalue weighted by atomic mass is 10.1. The minimum absolute atomic E-state index is 0.179. The first-order valence-electron chi connectivity index (χ1n) is 10.5. The van der Waals surface area contributed by atoms with E-state index in [1.165, 1.54) is 14.2 Å². The van der Waals surface area contributed by atoms with Crippen molar-refractivity contribution in [1.29, 1.82) is 0 Å². The van der Waals surface area contributed by atoms with Gasteiger partial charge in [0.05, 0.1) is 14.2 Å². The van der Waals surface area contributed by atoms with Crippen molar-refractivity contribution in [1.82, 2.24) is 21.3 Å². The summed E-state index contributed by atoms with van der Waals surface area (Å²) in [5.41, 5.74) is 3.23. The summed E-state index contributed by atoms with van der Waals surface area (Å²) in [6, 6.07) is 14.4. The Kier molecular flexibility index (Phi) is 11.2. The van der Waals surface area contributed by atoms with Crippen LogP contribution in [0.3, 0.4) is 0 Å². The molecule has 2 aromatic carbocycles. The smallest absolute Gasteiger partial charge is 0.410 e. The third-order valence-electron chi connectivity index (χ3n) is 4.48. The number of methoxy groups -OCH3 is 2. The maximum Gasteiger partial charge on any atom is 0.410 e. The quantitative estimate of drug-likeness (QED) is 0.294. The summed E-state index contributed by atoms with van der Waals surface area (Å²) in [5, 5.41) is 10.2. The first-order chi connectivity index (χ1) is 16.9. The van der Waals surface area contributed by atoms with Crippen LogP contribution >= 0.6 is 0 Å². The lowest BCUT2D eigenvalue weighted by molar-refractivity contribution is 0.0240. The van der Waals surface area contributed by atoms with Crippen LogP contribution < -0.4 is 21.3 Å². The van der Waals surface area contributed by atoms with E-state index in [0.29, 0.717) is 0 Å². The van der Waals surface area contributed by atoms with Crippen molar-refractivity contribution in [2.75, 3.05) is 21.0 Å². The lowest BCUT2D eigenvalue weighted by Gasteiger charge is -2.10. The Morgan fingerprint density at radius 2 is 0.886 bits per heavy atom. The number of nitrogens with one attached hydrogen (secondary N) is 4. The molecule has 0 aliphatic rings. The SMILES string of the molecule is COC(=O)NCc1cccc(CNC(=O)OCOC(=O)NCc2cccc(CNC(=O)OC)c2)c1. The van der Waals surface area contributed by atoms with Crippen LogP contribution in [0.15, 0.2) is 48.5 Å². The minimum Gasteiger partial charge on any atom is -0.453 e. The van der Waals surface area contributed by atoms with E-state index >= 15 is 0 Å². The van der Waals surface area contributed by atoms with Crippen LogP contribution in [-0.2, 0) is 45.1 Å². The monoisotopic (exact) mass is 488 g/mol. The number of hydrogen-bond acceptors (Lipinski definition) is 8. The van der Waals surface area contributed by atoms with Crippen LogP contribution in [-0.4, -0.2) is 45.4 Å². The van der Waals surface area contributed by atoms with Crippen molar-refractivity contribution in [3.8, 4) is 0 Å². The van der Waals surface area contributed by atoms with Gasteiger partial charge < -0.3 is 40.2 Å². The van der Waals surface area contributed by atoms with E-state index in [1.54, 1.807) is 36.4 Å². The molecule has 0 atom stereocenters. The van der Waals surface area contributed by atoms with Gasteiger partial charge in [-0.25, -0.2) is 19.2 Å². The van der Waals surface area contributed by atoms with Gasteiger partial charge in [0.1, 0.15) is 0 Å². The molecule has 2 aromatic rings. The number of carbonyl (C=O) groups is 4. The molecule has 188 valence electrons. The third kappa shape index (κ3) is 10.8. The molecule has 0 radical (unpaired) electrons. The molecule has 0 aromatic heterocycles. The van der Waals surface area contributed by atoms with Gasteiger partial charge in [-0.15, -0.1) is 0 Å². The summed E-state index contributed by atoms with van der Waals surface area (Å²) >= 11 is 0. The fraction of sp³-hybridized carbons (Fsp3) is 0.304. The molecule has 0 bridgehead atoms. The fourth-order valence-electron chi connectivity index (χ4n) is 2.78. The van der Waals surface area contributed by atoms with Gasteiger partial charge in [0, 0.05) is 26.2 Å². The summed E-state index contributed by atoms with van der Waals surface area (Å²) in [4.78, 5) is 46.0. The van der Waals surface area contributed by atoms with E-state index in [-0.39, 0.29) is 26.2 Å². The van der Waals surface area contributed by atoms with Gasteiger partial charge in [-0.2, -0.15) is 0 Å².